The standard InChI is InChI=1S/C28H28FN5O3/c1-28(2,3)37-27(35)34(15-17-9-11-20(36-5)12-10-17)26-23-24(33(4)16-30-23)21-14-22(31-25(21)32-26)18-7-6-8-19(29)13-18/h6-14,16H,15H2,1-5H3,(H,31,32). The van der Waals surface area contributed by atoms with E-state index in [1.807, 2.05) is 68.8 Å². The molecular formula is C28H28FN5O3. The monoisotopic (exact) mass is 501 g/mol. The van der Waals surface area contributed by atoms with Crippen LogP contribution in [0.3, 0.4) is 0 Å². The molecule has 0 aliphatic heterocycles. The SMILES string of the molecule is COc1ccc(CN(C(=O)OC(C)(C)C)c2nc3[nH]c(-c4cccc(F)c4)cc3c3c2ncn3C)cc1. The maximum atomic E-state index is 13.9. The number of aromatic amines is 1. The van der Waals surface area contributed by atoms with Gasteiger partial charge >= 0.3 is 6.09 Å². The van der Waals surface area contributed by atoms with E-state index in [0.717, 1.165) is 22.2 Å². The molecule has 0 spiro atoms. The molecule has 0 saturated carbocycles. The van der Waals surface area contributed by atoms with Crippen molar-refractivity contribution in [2.24, 2.45) is 7.05 Å². The van der Waals surface area contributed by atoms with Gasteiger partial charge in [-0.2, -0.15) is 0 Å². The third-order valence-corrected chi connectivity index (χ3v) is 5.92. The molecule has 0 fully saturated rings. The Morgan fingerprint density at radius 1 is 1.14 bits per heavy atom. The fraction of sp³-hybridized carbons (Fsp3) is 0.250. The van der Waals surface area contributed by atoms with Crippen LogP contribution in [0.4, 0.5) is 15.0 Å². The average molecular weight is 502 g/mol. The van der Waals surface area contributed by atoms with E-state index in [0.29, 0.717) is 28.2 Å². The number of fused-ring (bicyclic) bond motifs is 3. The smallest absolute Gasteiger partial charge is 0.416 e. The molecule has 8 nitrogen and oxygen atoms in total. The Kier molecular flexibility index (Phi) is 6.07. The molecular weight excluding hydrogens is 473 g/mol. The molecule has 0 radical (unpaired) electrons. The number of methoxy groups -OCH3 is 1. The number of hydrogen-bond acceptors (Lipinski definition) is 5. The zero-order chi connectivity index (χ0) is 26.3. The van der Waals surface area contributed by atoms with E-state index in [1.165, 1.54) is 17.0 Å². The van der Waals surface area contributed by atoms with Gasteiger partial charge in [0.15, 0.2) is 5.82 Å². The van der Waals surface area contributed by atoms with Crippen LogP contribution in [0.2, 0.25) is 0 Å². The Balaban J connectivity index is 1.67. The Labute approximate surface area is 213 Å². The number of imidazole rings is 1. The molecule has 3 aromatic heterocycles. The van der Waals surface area contributed by atoms with Gasteiger partial charge in [0, 0.05) is 23.7 Å². The third kappa shape index (κ3) is 4.84. The summed E-state index contributed by atoms with van der Waals surface area (Å²) in [7, 11) is 3.49. The summed E-state index contributed by atoms with van der Waals surface area (Å²) in [5.41, 5.74) is 3.46. The van der Waals surface area contributed by atoms with Crippen molar-refractivity contribution in [2.75, 3.05) is 12.0 Å². The topological polar surface area (TPSA) is 85.3 Å². The van der Waals surface area contributed by atoms with Gasteiger partial charge in [0.05, 0.1) is 25.5 Å². The van der Waals surface area contributed by atoms with Gasteiger partial charge in [-0.15, -0.1) is 0 Å². The second-order valence-electron chi connectivity index (χ2n) is 9.86. The number of nitrogens with one attached hydrogen (secondary N) is 1. The summed E-state index contributed by atoms with van der Waals surface area (Å²) in [5.74, 6) is 0.752. The van der Waals surface area contributed by atoms with Crippen molar-refractivity contribution in [3.63, 3.8) is 0 Å². The van der Waals surface area contributed by atoms with Gasteiger partial charge in [0.2, 0.25) is 0 Å². The lowest BCUT2D eigenvalue weighted by molar-refractivity contribution is 0.0577. The molecule has 0 atom stereocenters. The number of rotatable bonds is 5. The van der Waals surface area contributed by atoms with Gasteiger partial charge in [-0.05, 0) is 56.7 Å². The maximum Gasteiger partial charge on any atom is 0.416 e. The molecule has 9 heteroatoms. The van der Waals surface area contributed by atoms with Crippen LogP contribution in [0.5, 0.6) is 5.75 Å². The number of ether oxygens (including phenoxy) is 2. The summed E-state index contributed by atoms with van der Waals surface area (Å²) in [6.45, 7) is 5.67. The predicted molar refractivity (Wildman–Crippen MR) is 141 cm³/mol. The molecule has 5 aromatic rings. The summed E-state index contributed by atoms with van der Waals surface area (Å²) in [4.78, 5) is 27.7. The van der Waals surface area contributed by atoms with Crippen molar-refractivity contribution in [3.8, 4) is 17.0 Å². The molecule has 0 unspecified atom stereocenters. The Morgan fingerprint density at radius 3 is 2.57 bits per heavy atom. The Hall–Kier alpha value is -4.40. The van der Waals surface area contributed by atoms with Gasteiger partial charge in [-0.25, -0.2) is 19.2 Å². The van der Waals surface area contributed by atoms with Gasteiger partial charge < -0.3 is 19.0 Å². The molecule has 2 aromatic carbocycles. The molecule has 0 aliphatic rings. The van der Waals surface area contributed by atoms with Crippen molar-refractivity contribution < 1.29 is 18.7 Å². The molecule has 1 N–H and O–H groups in total. The first kappa shape index (κ1) is 24.3. The molecule has 0 aliphatic carbocycles. The fourth-order valence-corrected chi connectivity index (χ4v) is 4.24. The molecule has 0 saturated heterocycles. The first-order valence-corrected chi connectivity index (χ1v) is 11.9. The van der Waals surface area contributed by atoms with Gasteiger partial charge in [-0.3, -0.25) is 4.90 Å². The highest BCUT2D eigenvalue weighted by Gasteiger charge is 2.28. The Morgan fingerprint density at radius 2 is 1.89 bits per heavy atom. The molecule has 1 amide bonds. The second-order valence-corrected chi connectivity index (χ2v) is 9.86. The number of aromatic nitrogens is 4. The van der Waals surface area contributed by atoms with Crippen LogP contribution < -0.4 is 9.64 Å². The Bertz CT molecular complexity index is 1600. The molecule has 37 heavy (non-hydrogen) atoms. The number of pyridine rings is 1. The van der Waals surface area contributed by atoms with Crippen molar-refractivity contribution in [2.45, 2.75) is 32.9 Å². The minimum Gasteiger partial charge on any atom is -0.497 e. The highest BCUT2D eigenvalue weighted by Crippen LogP contribution is 2.34. The number of nitrogens with zero attached hydrogens (tertiary/aromatic N) is 4. The fourth-order valence-electron chi connectivity index (χ4n) is 4.24. The second kappa shape index (κ2) is 9.24. The number of carbonyl (C=O) groups excluding carboxylic acids is 1. The summed E-state index contributed by atoms with van der Waals surface area (Å²) < 4.78 is 26.8. The van der Waals surface area contributed by atoms with E-state index in [-0.39, 0.29) is 12.4 Å². The average Bonchev–Trinajstić information content (AvgIpc) is 3.45. The quantitative estimate of drug-likeness (QED) is 0.310. The summed E-state index contributed by atoms with van der Waals surface area (Å²) in [6.07, 6.45) is 1.14. The van der Waals surface area contributed by atoms with Crippen LogP contribution in [0.25, 0.3) is 33.3 Å². The highest BCUT2D eigenvalue weighted by atomic mass is 19.1. The molecule has 3 heterocycles. The predicted octanol–water partition coefficient (Wildman–Crippen LogP) is 6.21. The van der Waals surface area contributed by atoms with E-state index in [9.17, 15) is 9.18 Å². The summed E-state index contributed by atoms with van der Waals surface area (Å²) in [6, 6.07) is 15.7. The minimum absolute atomic E-state index is 0.209. The van der Waals surface area contributed by atoms with Crippen molar-refractivity contribution in [3.05, 3.63) is 72.3 Å². The van der Waals surface area contributed by atoms with Gasteiger partial charge in [0.25, 0.3) is 0 Å². The number of amides is 1. The number of H-pyrrole nitrogens is 1. The first-order valence-electron chi connectivity index (χ1n) is 11.9. The number of anilines is 1. The lowest BCUT2D eigenvalue weighted by Crippen LogP contribution is -2.37. The maximum absolute atomic E-state index is 13.9. The summed E-state index contributed by atoms with van der Waals surface area (Å²) >= 11 is 0. The summed E-state index contributed by atoms with van der Waals surface area (Å²) in [5, 5.41) is 0.812. The van der Waals surface area contributed by atoms with Crippen LogP contribution in [-0.4, -0.2) is 38.3 Å². The largest absolute Gasteiger partial charge is 0.497 e. The number of hydrogen-bond donors (Lipinski definition) is 1. The third-order valence-electron chi connectivity index (χ3n) is 5.92. The number of benzene rings is 2. The van der Waals surface area contributed by atoms with Crippen molar-refractivity contribution in [1.82, 2.24) is 19.5 Å². The van der Waals surface area contributed by atoms with Crippen molar-refractivity contribution in [1.29, 1.82) is 0 Å². The van der Waals surface area contributed by atoms with E-state index in [1.54, 1.807) is 19.5 Å². The van der Waals surface area contributed by atoms with Crippen molar-refractivity contribution >= 4 is 34.0 Å². The lowest BCUT2D eigenvalue weighted by Gasteiger charge is -2.27. The van der Waals surface area contributed by atoms with E-state index in [2.05, 4.69) is 9.97 Å². The molecule has 5 rings (SSSR count). The lowest BCUT2D eigenvalue weighted by atomic mass is 10.1. The highest BCUT2D eigenvalue weighted by molar-refractivity contribution is 6.09. The van der Waals surface area contributed by atoms with Crippen LogP contribution in [0.1, 0.15) is 26.3 Å². The minimum atomic E-state index is -0.709. The van der Waals surface area contributed by atoms with E-state index in [4.69, 9.17) is 14.5 Å². The normalized spacial score (nSPS) is 11.7. The van der Waals surface area contributed by atoms with Crippen LogP contribution in [0.15, 0.2) is 60.9 Å². The number of halogens is 1. The molecule has 0 bridgehead atoms. The van der Waals surface area contributed by atoms with E-state index < -0.39 is 11.7 Å². The zero-order valence-corrected chi connectivity index (χ0v) is 21.4. The van der Waals surface area contributed by atoms with Gasteiger partial charge in [-0.1, -0.05) is 24.3 Å². The van der Waals surface area contributed by atoms with Crippen LogP contribution in [0, 0.1) is 5.82 Å². The molecule has 190 valence electrons. The van der Waals surface area contributed by atoms with Crippen LogP contribution >= 0.6 is 0 Å². The number of carbonyl (C=O) groups is 1. The zero-order valence-electron chi connectivity index (χ0n) is 21.4. The first-order chi connectivity index (χ1) is 17.6. The van der Waals surface area contributed by atoms with Gasteiger partial charge in [0.1, 0.15) is 28.3 Å². The van der Waals surface area contributed by atoms with Crippen LogP contribution in [-0.2, 0) is 18.3 Å². The van der Waals surface area contributed by atoms with E-state index >= 15 is 0 Å². The number of aryl methyl sites for hydroxylation is 1.